The Morgan fingerprint density at radius 3 is 2.54 bits per heavy atom. The van der Waals surface area contributed by atoms with Gasteiger partial charge in [0.1, 0.15) is 24.6 Å². The number of hydrogen-bond donors (Lipinski definition) is 1. The largest absolute Gasteiger partial charge is 0.872 e. The monoisotopic (exact) mass is 480 g/mol. The number of methoxy groups -OCH3 is 1. The molecule has 0 radical (unpaired) electrons. The third-order valence-electron chi connectivity index (χ3n) is 6.43. The highest BCUT2D eigenvalue weighted by atomic mass is 16.5. The average molecular weight is 481 g/mol. The van der Waals surface area contributed by atoms with Crippen molar-refractivity contribution in [2.24, 2.45) is 0 Å². The molecule has 0 aromatic heterocycles. The molecule has 4 rings (SSSR count). The summed E-state index contributed by atoms with van der Waals surface area (Å²) in [5, 5.41) is 13.6. The molecular formula is C27H32N2O6. The summed E-state index contributed by atoms with van der Waals surface area (Å²) in [5.41, 5.74) is 1.00. The Labute approximate surface area is 205 Å². The standard InChI is InChI=1S/C27H32N2O6/c1-3-15-35-22-6-4-5-20(18-22)24-23(25(30)19-7-9-21(33-2)10-8-19)26(31)27(32)29(24)12-11-28-13-16-34-17-14-28/h4-10,18,24,30H,3,11-17H2,1-2H3. The van der Waals surface area contributed by atoms with E-state index in [9.17, 15) is 14.7 Å². The van der Waals surface area contributed by atoms with Crippen molar-refractivity contribution in [1.82, 2.24) is 4.90 Å². The highest BCUT2D eigenvalue weighted by Gasteiger charge is 2.44. The van der Waals surface area contributed by atoms with Crippen molar-refractivity contribution < 1.29 is 33.8 Å². The minimum absolute atomic E-state index is 0.0233. The molecule has 2 aromatic carbocycles. The number of nitrogens with zero attached hydrogens (tertiary/aromatic N) is 1. The Kier molecular flexibility index (Phi) is 8.05. The third kappa shape index (κ3) is 5.49. The van der Waals surface area contributed by atoms with Crippen molar-refractivity contribution in [1.29, 1.82) is 0 Å². The van der Waals surface area contributed by atoms with E-state index in [4.69, 9.17) is 14.2 Å². The van der Waals surface area contributed by atoms with E-state index in [0.717, 1.165) is 19.5 Å². The number of ketones is 1. The van der Waals surface area contributed by atoms with Gasteiger partial charge in [0.15, 0.2) is 0 Å². The maximum atomic E-state index is 13.6. The molecule has 2 aromatic rings. The molecule has 2 fully saturated rings. The number of likely N-dealkylation sites (tertiary alicyclic amines) is 1. The van der Waals surface area contributed by atoms with Gasteiger partial charge in [-0.05, 0) is 41.8 Å². The fourth-order valence-corrected chi connectivity index (χ4v) is 4.53. The molecule has 0 spiro atoms. The second kappa shape index (κ2) is 11.4. The number of benzene rings is 2. The molecule has 1 N–H and O–H groups in total. The number of ether oxygens (including phenoxy) is 3. The molecular weight excluding hydrogens is 448 g/mol. The number of nitrogens with one attached hydrogen (secondary N) is 1. The molecule has 8 nitrogen and oxygen atoms in total. The SMILES string of the molecule is CCCOc1cccc(C2C(=C([O-])c3ccc(OC)cc3)C(=O)C(=O)N2CC[NH+]2CCOCC2)c1. The van der Waals surface area contributed by atoms with Gasteiger partial charge in [0.05, 0.1) is 46.1 Å². The zero-order valence-electron chi connectivity index (χ0n) is 20.2. The molecule has 1 unspecified atom stereocenters. The lowest BCUT2D eigenvalue weighted by atomic mass is 9.95. The van der Waals surface area contributed by atoms with Gasteiger partial charge in [-0.1, -0.05) is 36.9 Å². The quantitative estimate of drug-likeness (QED) is 0.322. The Morgan fingerprint density at radius 2 is 1.86 bits per heavy atom. The summed E-state index contributed by atoms with van der Waals surface area (Å²) in [6.07, 6.45) is 0.854. The van der Waals surface area contributed by atoms with Crippen molar-refractivity contribution in [3.63, 3.8) is 0 Å². The number of amides is 1. The van der Waals surface area contributed by atoms with E-state index in [1.807, 2.05) is 31.2 Å². The normalized spacial score (nSPS) is 20.3. The number of morpholine rings is 1. The van der Waals surface area contributed by atoms with E-state index < -0.39 is 23.5 Å². The fourth-order valence-electron chi connectivity index (χ4n) is 4.53. The van der Waals surface area contributed by atoms with E-state index >= 15 is 0 Å². The minimum Gasteiger partial charge on any atom is -0.872 e. The molecule has 2 aliphatic rings. The van der Waals surface area contributed by atoms with Crippen LogP contribution < -0.4 is 19.5 Å². The first-order chi connectivity index (χ1) is 17.0. The molecule has 1 atom stereocenters. The number of rotatable bonds is 9. The molecule has 0 bridgehead atoms. The first-order valence-electron chi connectivity index (χ1n) is 12.1. The van der Waals surface area contributed by atoms with Crippen LogP contribution >= 0.6 is 0 Å². The van der Waals surface area contributed by atoms with Gasteiger partial charge in [0, 0.05) is 5.57 Å². The van der Waals surface area contributed by atoms with Crippen LogP contribution in [0.5, 0.6) is 11.5 Å². The predicted octanol–water partition coefficient (Wildman–Crippen LogP) is 0.623. The van der Waals surface area contributed by atoms with Crippen molar-refractivity contribution >= 4 is 17.4 Å². The highest BCUT2D eigenvalue weighted by molar-refractivity contribution is 6.46. The summed E-state index contributed by atoms with van der Waals surface area (Å²) in [6, 6.07) is 13.1. The average Bonchev–Trinajstić information content (AvgIpc) is 3.16. The summed E-state index contributed by atoms with van der Waals surface area (Å²) in [6.45, 7) is 6.67. The molecule has 186 valence electrons. The first-order valence-corrected chi connectivity index (χ1v) is 12.1. The second-order valence-electron chi connectivity index (χ2n) is 8.73. The zero-order chi connectivity index (χ0) is 24.8. The summed E-state index contributed by atoms with van der Waals surface area (Å²) in [7, 11) is 1.54. The number of hydrogen-bond acceptors (Lipinski definition) is 6. The Hall–Kier alpha value is -3.36. The fraction of sp³-hybridized carbons (Fsp3) is 0.407. The van der Waals surface area contributed by atoms with Crippen LogP contribution in [0.25, 0.3) is 5.76 Å². The van der Waals surface area contributed by atoms with E-state index in [1.165, 1.54) is 4.90 Å². The minimum atomic E-state index is -0.768. The van der Waals surface area contributed by atoms with Gasteiger partial charge >= 0.3 is 0 Å². The van der Waals surface area contributed by atoms with Crippen molar-refractivity contribution in [3.05, 3.63) is 65.2 Å². The van der Waals surface area contributed by atoms with Gasteiger partial charge in [-0.25, -0.2) is 0 Å². The molecule has 2 saturated heterocycles. The number of Topliss-reactive ketones (excluding diaryl/α,β-unsaturated/α-hetero) is 1. The summed E-state index contributed by atoms with van der Waals surface area (Å²) in [4.78, 5) is 29.2. The molecule has 1 amide bonds. The van der Waals surface area contributed by atoms with E-state index in [0.29, 0.717) is 55.5 Å². The van der Waals surface area contributed by atoms with Crippen LogP contribution in [0, 0.1) is 0 Å². The van der Waals surface area contributed by atoms with E-state index in [-0.39, 0.29) is 5.57 Å². The maximum Gasteiger partial charge on any atom is 0.295 e. The van der Waals surface area contributed by atoms with Crippen LogP contribution in [-0.2, 0) is 14.3 Å². The van der Waals surface area contributed by atoms with Crippen LogP contribution in [0.3, 0.4) is 0 Å². The lowest BCUT2D eigenvalue weighted by Crippen LogP contribution is -3.14. The summed E-state index contributed by atoms with van der Waals surface area (Å²) in [5.74, 6) is -0.580. The van der Waals surface area contributed by atoms with Gasteiger partial charge in [-0.3, -0.25) is 9.59 Å². The van der Waals surface area contributed by atoms with Crippen LogP contribution in [0.15, 0.2) is 54.1 Å². The van der Waals surface area contributed by atoms with Crippen molar-refractivity contribution in [2.45, 2.75) is 19.4 Å². The van der Waals surface area contributed by atoms with Gasteiger partial charge in [-0.2, -0.15) is 0 Å². The Morgan fingerprint density at radius 1 is 1.11 bits per heavy atom. The molecule has 0 saturated carbocycles. The topological polar surface area (TPSA) is 92.6 Å². The maximum absolute atomic E-state index is 13.6. The van der Waals surface area contributed by atoms with Gasteiger partial charge in [0.25, 0.3) is 5.91 Å². The molecule has 35 heavy (non-hydrogen) atoms. The third-order valence-corrected chi connectivity index (χ3v) is 6.43. The smallest absolute Gasteiger partial charge is 0.295 e. The Bertz CT molecular complexity index is 1080. The molecule has 0 aliphatic carbocycles. The number of carbonyl (C=O) groups excluding carboxylic acids is 2. The Balaban J connectivity index is 1.72. The summed E-state index contributed by atoms with van der Waals surface area (Å²) < 4.78 is 16.4. The predicted molar refractivity (Wildman–Crippen MR) is 128 cm³/mol. The van der Waals surface area contributed by atoms with Crippen LogP contribution in [0.2, 0.25) is 0 Å². The molecule has 2 aliphatic heterocycles. The highest BCUT2D eigenvalue weighted by Crippen LogP contribution is 2.39. The molecule has 8 heteroatoms. The second-order valence-corrected chi connectivity index (χ2v) is 8.73. The van der Waals surface area contributed by atoms with Crippen LogP contribution in [0.4, 0.5) is 0 Å². The summed E-state index contributed by atoms with van der Waals surface area (Å²) >= 11 is 0. The van der Waals surface area contributed by atoms with Gasteiger partial charge < -0.3 is 29.1 Å². The van der Waals surface area contributed by atoms with Gasteiger partial charge in [-0.15, -0.1) is 0 Å². The van der Waals surface area contributed by atoms with Crippen LogP contribution in [-0.4, -0.2) is 69.7 Å². The van der Waals surface area contributed by atoms with Crippen molar-refractivity contribution in [2.75, 3.05) is 53.1 Å². The zero-order valence-corrected chi connectivity index (χ0v) is 20.2. The lowest BCUT2D eigenvalue weighted by Gasteiger charge is -2.30. The first kappa shape index (κ1) is 24.8. The van der Waals surface area contributed by atoms with Gasteiger partial charge in [0.2, 0.25) is 5.78 Å². The molecule has 2 heterocycles. The number of quaternary nitrogens is 1. The van der Waals surface area contributed by atoms with Crippen LogP contribution in [0.1, 0.15) is 30.5 Å². The lowest BCUT2D eigenvalue weighted by molar-refractivity contribution is -0.907. The van der Waals surface area contributed by atoms with E-state index in [1.54, 1.807) is 36.3 Å². The number of carbonyl (C=O) groups is 2. The van der Waals surface area contributed by atoms with E-state index in [2.05, 4.69) is 0 Å². The van der Waals surface area contributed by atoms with Crippen molar-refractivity contribution in [3.8, 4) is 11.5 Å².